The number of fused-ring (bicyclic) bond motifs is 1. The molecule has 0 bridgehead atoms. The van der Waals surface area contributed by atoms with Crippen molar-refractivity contribution in [1.29, 1.82) is 5.26 Å². The highest BCUT2D eigenvalue weighted by molar-refractivity contribution is 7.14. The van der Waals surface area contributed by atoms with Gasteiger partial charge in [0.25, 0.3) is 5.91 Å². The van der Waals surface area contributed by atoms with E-state index in [0.29, 0.717) is 36.5 Å². The van der Waals surface area contributed by atoms with Crippen LogP contribution in [0.4, 0.5) is 25.3 Å². The van der Waals surface area contributed by atoms with Crippen molar-refractivity contribution in [2.24, 2.45) is 0 Å². The number of carbonyl (C=O) groups excluding carboxylic acids is 2. The summed E-state index contributed by atoms with van der Waals surface area (Å²) >= 11 is 0.995. The van der Waals surface area contributed by atoms with Crippen molar-refractivity contribution in [3.8, 4) is 17.6 Å². The molecule has 2 aromatic carbocycles. The van der Waals surface area contributed by atoms with E-state index in [4.69, 9.17) is 9.47 Å². The molecule has 0 radical (unpaired) electrons. The number of benzene rings is 2. The lowest BCUT2D eigenvalue weighted by Crippen LogP contribution is -2.23. The SMILES string of the molecule is CC(=O)N(c1nc(/C=C(\C#N)C(=O)Nc2ccc3c(c2)OCCO3)cs1)c1ccc(F)cc1F. The van der Waals surface area contributed by atoms with Gasteiger partial charge >= 0.3 is 0 Å². The molecule has 11 heteroatoms. The van der Waals surface area contributed by atoms with E-state index < -0.39 is 23.4 Å². The predicted octanol–water partition coefficient (Wildman–Crippen LogP) is 4.42. The average molecular weight is 482 g/mol. The number of nitriles is 1. The van der Waals surface area contributed by atoms with E-state index in [9.17, 15) is 23.6 Å². The molecule has 3 aromatic rings. The highest BCUT2D eigenvalue weighted by atomic mass is 32.1. The molecule has 1 N–H and O–H groups in total. The van der Waals surface area contributed by atoms with Gasteiger partial charge in [0, 0.05) is 30.1 Å². The number of amides is 2. The third kappa shape index (κ3) is 4.87. The lowest BCUT2D eigenvalue weighted by Gasteiger charge is -2.19. The fourth-order valence-corrected chi connectivity index (χ4v) is 3.97. The van der Waals surface area contributed by atoms with Crippen LogP contribution in [0, 0.1) is 23.0 Å². The van der Waals surface area contributed by atoms with Crippen molar-refractivity contribution >= 4 is 45.7 Å². The number of aromatic nitrogens is 1. The summed E-state index contributed by atoms with van der Waals surface area (Å²) in [6.45, 7) is 2.03. The predicted molar refractivity (Wildman–Crippen MR) is 121 cm³/mol. The van der Waals surface area contributed by atoms with Gasteiger partial charge in [-0.25, -0.2) is 13.8 Å². The molecule has 34 heavy (non-hydrogen) atoms. The highest BCUT2D eigenvalue weighted by Crippen LogP contribution is 2.33. The Bertz CT molecular complexity index is 1350. The van der Waals surface area contributed by atoms with Gasteiger partial charge in [-0.2, -0.15) is 5.26 Å². The summed E-state index contributed by atoms with van der Waals surface area (Å²) in [4.78, 5) is 30.0. The van der Waals surface area contributed by atoms with Crippen LogP contribution in [0.2, 0.25) is 0 Å². The molecule has 0 fully saturated rings. The minimum atomic E-state index is -0.931. The topological polar surface area (TPSA) is 105 Å². The number of thiazole rings is 1. The third-order valence-corrected chi connectivity index (χ3v) is 5.47. The normalized spacial score (nSPS) is 12.6. The first kappa shape index (κ1) is 22.9. The largest absolute Gasteiger partial charge is 0.486 e. The molecule has 0 saturated carbocycles. The maximum Gasteiger partial charge on any atom is 0.266 e. The van der Waals surface area contributed by atoms with E-state index >= 15 is 0 Å². The number of hydrogen-bond acceptors (Lipinski definition) is 7. The molecule has 0 atom stereocenters. The van der Waals surface area contributed by atoms with Crippen LogP contribution in [-0.2, 0) is 9.59 Å². The Balaban J connectivity index is 1.56. The van der Waals surface area contributed by atoms with Gasteiger partial charge in [0.15, 0.2) is 16.6 Å². The molecular formula is C23H16F2N4O4S. The third-order valence-electron chi connectivity index (χ3n) is 4.62. The second-order valence-electron chi connectivity index (χ2n) is 6.99. The average Bonchev–Trinajstić information content (AvgIpc) is 3.26. The smallest absolute Gasteiger partial charge is 0.266 e. The molecule has 1 aliphatic rings. The van der Waals surface area contributed by atoms with E-state index in [0.717, 1.165) is 28.4 Å². The van der Waals surface area contributed by atoms with Crippen molar-refractivity contribution in [1.82, 2.24) is 4.98 Å². The Morgan fingerprint density at radius 2 is 1.94 bits per heavy atom. The summed E-state index contributed by atoms with van der Waals surface area (Å²) in [6.07, 6.45) is 1.24. The van der Waals surface area contributed by atoms with Crippen molar-refractivity contribution in [3.63, 3.8) is 0 Å². The van der Waals surface area contributed by atoms with Crippen LogP contribution in [-0.4, -0.2) is 30.0 Å². The number of hydrogen-bond donors (Lipinski definition) is 1. The van der Waals surface area contributed by atoms with Gasteiger partial charge in [-0.1, -0.05) is 0 Å². The zero-order valence-electron chi connectivity index (χ0n) is 17.7. The zero-order valence-corrected chi connectivity index (χ0v) is 18.5. The Labute approximate surface area is 196 Å². The molecule has 1 aliphatic heterocycles. The van der Waals surface area contributed by atoms with Crippen molar-refractivity contribution in [2.75, 3.05) is 23.4 Å². The highest BCUT2D eigenvalue weighted by Gasteiger charge is 2.22. The fraction of sp³-hybridized carbons (Fsp3) is 0.130. The summed E-state index contributed by atoms with van der Waals surface area (Å²) in [6, 6.07) is 9.49. The Hall–Kier alpha value is -4.30. The molecule has 172 valence electrons. The zero-order chi connectivity index (χ0) is 24.2. The number of halogens is 2. The van der Waals surface area contributed by atoms with Crippen molar-refractivity contribution in [2.45, 2.75) is 6.92 Å². The van der Waals surface area contributed by atoms with E-state index in [1.54, 1.807) is 18.2 Å². The maximum atomic E-state index is 14.3. The Morgan fingerprint density at radius 1 is 1.18 bits per heavy atom. The van der Waals surface area contributed by atoms with Crippen LogP contribution in [0.5, 0.6) is 11.5 Å². The Morgan fingerprint density at radius 3 is 2.65 bits per heavy atom. The van der Waals surface area contributed by atoms with Gasteiger partial charge < -0.3 is 14.8 Å². The molecule has 8 nitrogen and oxygen atoms in total. The van der Waals surface area contributed by atoms with Crippen LogP contribution >= 0.6 is 11.3 Å². The first-order valence-corrected chi connectivity index (χ1v) is 10.8. The number of nitrogens with one attached hydrogen (secondary N) is 1. The first-order chi connectivity index (χ1) is 16.4. The van der Waals surface area contributed by atoms with Gasteiger partial charge in [-0.05, 0) is 30.3 Å². The van der Waals surface area contributed by atoms with Crippen LogP contribution in [0.1, 0.15) is 12.6 Å². The van der Waals surface area contributed by atoms with Crippen molar-refractivity contribution < 1.29 is 27.8 Å². The van der Waals surface area contributed by atoms with Crippen LogP contribution < -0.4 is 19.7 Å². The molecule has 0 aliphatic carbocycles. The van der Waals surface area contributed by atoms with E-state index in [1.807, 2.05) is 6.07 Å². The van der Waals surface area contributed by atoms with E-state index in [2.05, 4.69) is 10.3 Å². The second-order valence-corrected chi connectivity index (χ2v) is 7.82. The lowest BCUT2D eigenvalue weighted by molar-refractivity contribution is -0.116. The Kier molecular flexibility index (Phi) is 6.51. The molecule has 0 unspecified atom stereocenters. The summed E-state index contributed by atoms with van der Waals surface area (Å²) in [5.74, 6) is -1.90. The van der Waals surface area contributed by atoms with E-state index in [-0.39, 0.29) is 22.1 Å². The van der Waals surface area contributed by atoms with Crippen LogP contribution in [0.25, 0.3) is 6.08 Å². The summed E-state index contributed by atoms with van der Waals surface area (Å²) in [5.41, 5.74) is 0.205. The van der Waals surface area contributed by atoms with E-state index in [1.165, 1.54) is 18.4 Å². The number of nitrogens with zero attached hydrogens (tertiary/aromatic N) is 3. The standard InChI is InChI=1S/C23H16F2N4O4S/c1-13(30)29(19-4-2-15(24)9-18(19)25)23-28-17(12-34-23)8-14(11-26)22(31)27-16-3-5-20-21(10-16)33-7-6-32-20/h2-5,8-10,12H,6-7H2,1H3,(H,27,31)/b14-8+. The molecule has 2 amide bonds. The van der Waals surface area contributed by atoms with Crippen LogP contribution in [0.15, 0.2) is 47.4 Å². The molecule has 1 aromatic heterocycles. The fourth-order valence-electron chi connectivity index (χ4n) is 3.13. The quantitative estimate of drug-likeness (QED) is 0.426. The summed E-state index contributed by atoms with van der Waals surface area (Å²) in [7, 11) is 0. The number of ether oxygens (including phenoxy) is 2. The minimum absolute atomic E-state index is 0.0915. The molecule has 0 saturated heterocycles. The summed E-state index contributed by atoms with van der Waals surface area (Å²) in [5, 5.41) is 13.7. The molecular weight excluding hydrogens is 466 g/mol. The lowest BCUT2D eigenvalue weighted by atomic mass is 10.2. The molecule has 4 rings (SSSR count). The van der Waals surface area contributed by atoms with Gasteiger partial charge in [-0.3, -0.25) is 14.5 Å². The molecule has 2 heterocycles. The minimum Gasteiger partial charge on any atom is -0.486 e. The van der Waals surface area contributed by atoms with Crippen molar-refractivity contribution in [3.05, 3.63) is 64.7 Å². The van der Waals surface area contributed by atoms with Gasteiger partial charge in [0.1, 0.15) is 36.5 Å². The maximum absolute atomic E-state index is 14.3. The van der Waals surface area contributed by atoms with Gasteiger partial charge in [0.05, 0.1) is 11.4 Å². The second kappa shape index (κ2) is 9.68. The molecule has 0 spiro atoms. The monoisotopic (exact) mass is 482 g/mol. The number of rotatable bonds is 5. The number of carbonyl (C=O) groups is 2. The van der Waals surface area contributed by atoms with Crippen LogP contribution in [0.3, 0.4) is 0 Å². The summed E-state index contributed by atoms with van der Waals surface area (Å²) < 4.78 is 38.4. The van der Waals surface area contributed by atoms with Gasteiger partial charge in [-0.15, -0.1) is 11.3 Å². The van der Waals surface area contributed by atoms with Gasteiger partial charge in [0.2, 0.25) is 5.91 Å². The first-order valence-electron chi connectivity index (χ1n) is 9.90. The number of anilines is 3.